The molecule has 3 fully saturated rings. The van der Waals surface area contributed by atoms with Crippen molar-refractivity contribution in [3.05, 3.63) is 35.9 Å². The lowest BCUT2D eigenvalue weighted by Crippen LogP contribution is -2.48. The van der Waals surface area contributed by atoms with Gasteiger partial charge in [0.25, 0.3) is 0 Å². The molecule has 1 atom stereocenters. The lowest BCUT2D eigenvalue weighted by Gasteiger charge is -2.33. The van der Waals surface area contributed by atoms with Crippen LogP contribution in [0.1, 0.15) is 44.1 Å². The van der Waals surface area contributed by atoms with E-state index in [1.54, 1.807) is 0 Å². The maximum Gasteiger partial charge on any atom is 0.234 e. The number of amides is 1. The molecule has 1 aromatic rings. The van der Waals surface area contributed by atoms with E-state index >= 15 is 0 Å². The van der Waals surface area contributed by atoms with Crippen LogP contribution in [0.5, 0.6) is 0 Å². The predicted molar refractivity (Wildman–Crippen MR) is 101 cm³/mol. The fourth-order valence-corrected chi connectivity index (χ4v) is 4.53. The number of nitrogens with zero attached hydrogens (tertiary/aromatic N) is 2. The van der Waals surface area contributed by atoms with Crippen molar-refractivity contribution in [2.24, 2.45) is 0 Å². The van der Waals surface area contributed by atoms with E-state index in [0.717, 1.165) is 44.9 Å². The number of carbonyl (C=O) groups is 1. The van der Waals surface area contributed by atoms with Crippen LogP contribution in [0.2, 0.25) is 0 Å². The van der Waals surface area contributed by atoms with E-state index in [-0.39, 0.29) is 5.91 Å². The smallest absolute Gasteiger partial charge is 0.234 e. The summed E-state index contributed by atoms with van der Waals surface area (Å²) in [7, 11) is 0. The number of likely N-dealkylation sites (tertiary alicyclic amines) is 2. The highest BCUT2D eigenvalue weighted by molar-refractivity contribution is 5.78. The molecule has 4 heteroatoms. The Bertz CT molecular complexity index is 564. The third-order valence-electron chi connectivity index (χ3n) is 6.12. The van der Waals surface area contributed by atoms with Gasteiger partial charge in [0.05, 0.1) is 6.54 Å². The van der Waals surface area contributed by atoms with Gasteiger partial charge in [-0.05, 0) is 57.1 Å². The Morgan fingerprint density at radius 2 is 1.76 bits per heavy atom. The highest BCUT2D eigenvalue weighted by Gasteiger charge is 2.32. The van der Waals surface area contributed by atoms with Gasteiger partial charge in [-0.25, -0.2) is 0 Å². The molecular formula is C21H31N3O. The summed E-state index contributed by atoms with van der Waals surface area (Å²) in [6, 6.07) is 12.4. The molecule has 4 rings (SSSR count). The average Bonchev–Trinajstić information content (AvgIpc) is 3.39. The van der Waals surface area contributed by atoms with Gasteiger partial charge in [-0.2, -0.15) is 0 Å². The monoisotopic (exact) mass is 341 g/mol. The van der Waals surface area contributed by atoms with Gasteiger partial charge in [0.15, 0.2) is 0 Å². The third kappa shape index (κ3) is 4.62. The Kier molecular flexibility index (Phi) is 5.37. The van der Waals surface area contributed by atoms with Gasteiger partial charge in [-0.15, -0.1) is 0 Å². The van der Waals surface area contributed by atoms with Gasteiger partial charge in [-0.1, -0.05) is 30.3 Å². The molecule has 136 valence electrons. The molecule has 2 saturated heterocycles. The summed E-state index contributed by atoms with van der Waals surface area (Å²) in [5, 5.41) is 3.30. The summed E-state index contributed by atoms with van der Waals surface area (Å²) in [6.45, 7) is 3.96. The van der Waals surface area contributed by atoms with E-state index < -0.39 is 0 Å². The Labute approximate surface area is 151 Å². The summed E-state index contributed by atoms with van der Waals surface area (Å²) in [5.74, 6) is 0.227. The third-order valence-corrected chi connectivity index (χ3v) is 6.12. The van der Waals surface area contributed by atoms with Crippen molar-refractivity contribution in [2.75, 3.05) is 26.2 Å². The second-order valence-electron chi connectivity index (χ2n) is 8.07. The van der Waals surface area contributed by atoms with E-state index in [1.165, 1.54) is 31.2 Å². The largest absolute Gasteiger partial charge is 0.352 e. The van der Waals surface area contributed by atoms with Gasteiger partial charge in [-0.3, -0.25) is 9.69 Å². The molecule has 0 radical (unpaired) electrons. The zero-order valence-electron chi connectivity index (χ0n) is 15.2. The molecule has 25 heavy (non-hydrogen) atoms. The fraction of sp³-hybridized carbons (Fsp3) is 0.667. The SMILES string of the molecule is O=C(CN1CCCC1Cc1ccccc1)NC1CCN(C2CC2)CC1. The molecule has 0 bridgehead atoms. The van der Waals surface area contributed by atoms with Gasteiger partial charge in [0.1, 0.15) is 0 Å². The summed E-state index contributed by atoms with van der Waals surface area (Å²) in [5.41, 5.74) is 1.38. The van der Waals surface area contributed by atoms with Crippen molar-refractivity contribution in [3.63, 3.8) is 0 Å². The quantitative estimate of drug-likeness (QED) is 0.863. The normalized spacial score (nSPS) is 26.0. The van der Waals surface area contributed by atoms with Crippen LogP contribution in [-0.2, 0) is 11.2 Å². The Morgan fingerprint density at radius 3 is 2.48 bits per heavy atom. The van der Waals surface area contributed by atoms with Gasteiger partial charge < -0.3 is 10.2 Å². The lowest BCUT2D eigenvalue weighted by molar-refractivity contribution is -0.123. The van der Waals surface area contributed by atoms with E-state index in [0.29, 0.717) is 18.6 Å². The minimum atomic E-state index is 0.227. The number of piperidine rings is 1. The van der Waals surface area contributed by atoms with Crippen LogP contribution in [0, 0.1) is 0 Å². The number of rotatable bonds is 6. The van der Waals surface area contributed by atoms with E-state index in [2.05, 4.69) is 45.4 Å². The lowest BCUT2D eigenvalue weighted by atomic mass is 10.0. The fourth-order valence-electron chi connectivity index (χ4n) is 4.53. The molecule has 1 amide bonds. The molecule has 4 nitrogen and oxygen atoms in total. The second-order valence-corrected chi connectivity index (χ2v) is 8.07. The van der Waals surface area contributed by atoms with Gasteiger partial charge >= 0.3 is 0 Å². The summed E-state index contributed by atoms with van der Waals surface area (Å²) >= 11 is 0. The van der Waals surface area contributed by atoms with Crippen molar-refractivity contribution in [1.29, 1.82) is 0 Å². The van der Waals surface area contributed by atoms with Crippen LogP contribution in [0.15, 0.2) is 30.3 Å². The number of hydrogen-bond donors (Lipinski definition) is 1. The summed E-state index contributed by atoms with van der Waals surface area (Å²) in [4.78, 5) is 17.5. The minimum Gasteiger partial charge on any atom is -0.352 e. The van der Waals surface area contributed by atoms with Crippen LogP contribution >= 0.6 is 0 Å². The van der Waals surface area contributed by atoms with Crippen molar-refractivity contribution in [2.45, 2.75) is 63.1 Å². The molecule has 0 spiro atoms. The molecule has 1 aliphatic carbocycles. The molecular weight excluding hydrogens is 310 g/mol. The van der Waals surface area contributed by atoms with Crippen LogP contribution in [0.3, 0.4) is 0 Å². The first kappa shape index (κ1) is 17.0. The first-order valence-electron chi connectivity index (χ1n) is 10.1. The Morgan fingerprint density at radius 1 is 1.00 bits per heavy atom. The topological polar surface area (TPSA) is 35.6 Å². The van der Waals surface area contributed by atoms with E-state index in [9.17, 15) is 4.79 Å². The van der Waals surface area contributed by atoms with E-state index in [1.807, 2.05) is 0 Å². The predicted octanol–water partition coefficient (Wildman–Crippen LogP) is 2.44. The maximum absolute atomic E-state index is 12.5. The standard InChI is InChI=1S/C21H31N3O/c25-21(22-18-10-13-23(14-11-18)19-8-9-19)16-24-12-4-7-20(24)15-17-5-2-1-3-6-17/h1-3,5-6,18-20H,4,7-16H2,(H,22,25). The molecule has 2 heterocycles. The second kappa shape index (κ2) is 7.88. The summed E-state index contributed by atoms with van der Waals surface area (Å²) in [6.07, 6.45) is 8.50. The number of benzene rings is 1. The number of nitrogens with one attached hydrogen (secondary N) is 1. The average molecular weight is 341 g/mol. The molecule has 1 N–H and O–H groups in total. The number of hydrogen-bond acceptors (Lipinski definition) is 3. The first-order chi connectivity index (χ1) is 12.3. The van der Waals surface area contributed by atoms with Crippen LogP contribution in [-0.4, -0.2) is 60.0 Å². The van der Waals surface area contributed by atoms with Crippen molar-refractivity contribution < 1.29 is 4.79 Å². The number of carbonyl (C=O) groups excluding carboxylic acids is 1. The molecule has 2 aliphatic heterocycles. The molecule has 3 aliphatic rings. The zero-order valence-corrected chi connectivity index (χ0v) is 15.2. The van der Waals surface area contributed by atoms with Crippen LogP contribution in [0.25, 0.3) is 0 Å². The van der Waals surface area contributed by atoms with Crippen LogP contribution in [0.4, 0.5) is 0 Å². The zero-order chi connectivity index (χ0) is 17.1. The molecule has 0 aromatic heterocycles. The Balaban J connectivity index is 1.22. The highest BCUT2D eigenvalue weighted by Crippen LogP contribution is 2.29. The van der Waals surface area contributed by atoms with Gasteiger partial charge in [0.2, 0.25) is 5.91 Å². The maximum atomic E-state index is 12.5. The van der Waals surface area contributed by atoms with E-state index in [4.69, 9.17) is 0 Å². The van der Waals surface area contributed by atoms with Crippen LogP contribution < -0.4 is 5.32 Å². The molecule has 1 saturated carbocycles. The first-order valence-corrected chi connectivity index (χ1v) is 10.1. The highest BCUT2D eigenvalue weighted by atomic mass is 16.2. The van der Waals surface area contributed by atoms with Gasteiger partial charge in [0, 0.05) is 31.2 Å². The summed E-state index contributed by atoms with van der Waals surface area (Å²) < 4.78 is 0. The Hall–Kier alpha value is -1.39. The van der Waals surface area contributed by atoms with Crippen molar-refractivity contribution in [3.8, 4) is 0 Å². The van der Waals surface area contributed by atoms with Crippen molar-refractivity contribution in [1.82, 2.24) is 15.1 Å². The molecule has 1 aromatic carbocycles. The molecule has 1 unspecified atom stereocenters. The van der Waals surface area contributed by atoms with Crippen molar-refractivity contribution >= 4 is 5.91 Å². The minimum absolute atomic E-state index is 0.227.